The van der Waals surface area contributed by atoms with Crippen molar-refractivity contribution in [3.05, 3.63) is 43.8 Å². The lowest BCUT2D eigenvalue weighted by atomic mass is 10.00. The van der Waals surface area contributed by atoms with Crippen LogP contribution in [0.15, 0.2) is 23.6 Å². The fraction of sp³-hybridized carbons (Fsp3) is 0.421. The molecular formula is C19H23N3O3S2. The van der Waals surface area contributed by atoms with E-state index in [4.69, 9.17) is 0 Å². The number of nitrogens with one attached hydrogen (secondary N) is 3. The molecule has 1 aliphatic rings. The molecule has 0 aromatic carbocycles. The highest BCUT2D eigenvalue weighted by Crippen LogP contribution is 2.28. The van der Waals surface area contributed by atoms with Gasteiger partial charge in [-0.3, -0.25) is 25.2 Å². The maximum Gasteiger partial charge on any atom is 0.279 e. The van der Waals surface area contributed by atoms with Gasteiger partial charge in [0, 0.05) is 17.8 Å². The van der Waals surface area contributed by atoms with Crippen LogP contribution in [0.3, 0.4) is 0 Å². The third-order valence-corrected chi connectivity index (χ3v) is 6.52. The van der Waals surface area contributed by atoms with Crippen molar-refractivity contribution >= 4 is 40.4 Å². The van der Waals surface area contributed by atoms with Crippen LogP contribution in [-0.2, 0) is 17.6 Å². The lowest BCUT2D eigenvalue weighted by molar-refractivity contribution is -0.121. The number of carbonyl (C=O) groups excluding carboxylic acids is 3. The maximum atomic E-state index is 12.3. The molecule has 0 fully saturated rings. The van der Waals surface area contributed by atoms with Crippen molar-refractivity contribution < 1.29 is 14.4 Å². The normalized spacial score (nSPS) is 13.8. The van der Waals surface area contributed by atoms with Crippen molar-refractivity contribution in [3.8, 4) is 0 Å². The number of rotatable bonds is 5. The number of hydrogen-bond acceptors (Lipinski definition) is 5. The molecule has 6 nitrogen and oxygen atoms in total. The summed E-state index contributed by atoms with van der Waals surface area (Å²) in [6, 6.07) is 5.48. The Hall–Kier alpha value is -2.19. The molecule has 0 aliphatic heterocycles. The van der Waals surface area contributed by atoms with Crippen LogP contribution in [0.5, 0.6) is 0 Å². The minimum absolute atomic E-state index is 0.0956. The second-order valence-electron chi connectivity index (χ2n) is 6.46. The molecule has 27 heavy (non-hydrogen) atoms. The molecule has 0 radical (unpaired) electrons. The summed E-state index contributed by atoms with van der Waals surface area (Å²) in [7, 11) is 0. The van der Waals surface area contributed by atoms with Gasteiger partial charge in [0.1, 0.15) is 0 Å². The van der Waals surface area contributed by atoms with E-state index in [1.165, 1.54) is 58.8 Å². The van der Waals surface area contributed by atoms with Crippen LogP contribution >= 0.6 is 22.7 Å². The molecule has 0 saturated carbocycles. The first-order valence-corrected chi connectivity index (χ1v) is 10.9. The van der Waals surface area contributed by atoms with Gasteiger partial charge in [0.15, 0.2) is 0 Å². The van der Waals surface area contributed by atoms with Crippen molar-refractivity contribution in [1.82, 2.24) is 16.2 Å². The van der Waals surface area contributed by atoms with E-state index in [0.717, 1.165) is 12.8 Å². The summed E-state index contributed by atoms with van der Waals surface area (Å²) in [6.45, 7) is 0.214. The zero-order valence-electron chi connectivity index (χ0n) is 15.0. The Morgan fingerprint density at radius 3 is 2.56 bits per heavy atom. The van der Waals surface area contributed by atoms with Crippen LogP contribution in [0.1, 0.15) is 61.9 Å². The molecule has 1 aliphatic carbocycles. The highest BCUT2D eigenvalue weighted by atomic mass is 32.1. The van der Waals surface area contributed by atoms with E-state index in [1.807, 2.05) is 11.4 Å². The first-order valence-electron chi connectivity index (χ1n) is 9.16. The lowest BCUT2D eigenvalue weighted by Gasteiger charge is -2.07. The summed E-state index contributed by atoms with van der Waals surface area (Å²) in [4.78, 5) is 38.5. The van der Waals surface area contributed by atoms with Crippen LogP contribution in [-0.4, -0.2) is 24.3 Å². The maximum absolute atomic E-state index is 12.3. The summed E-state index contributed by atoms with van der Waals surface area (Å²) in [6.07, 6.45) is 6.98. The van der Waals surface area contributed by atoms with Crippen LogP contribution in [0.4, 0.5) is 0 Å². The third-order valence-electron chi connectivity index (χ3n) is 4.42. The second-order valence-corrected chi connectivity index (χ2v) is 8.54. The van der Waals surface area contributed by atoms with E-state index in [0.29, 0.717) is 9.75 Å². The van der Waals surface area contributed by atoms with Gasteiger partial charge in [-0.1, -0.05) is 18.9 Å². The van der Waals surface area contributed by atoms with Gasteiger partial charge in [-0.2, -0.15) is 0 Å². The number of aryl methyl sites for hydroxylation is 2. The Bertz CT molecular complexity index is 774. The van der Waals surface area contributed by atoms with Crippen molar-refractivity contribution in [3.63, 3.8) is 0 Å². The number of carbonyl (C=O) groups is 3. The number of thiophene rings is 2. The highest BCUT2D eigenvalue weighted by molar-refractivity contribution is 7.14. The molecule has 0 saturated heterocycles. The van der Waals surface area contributed by atoms with E-state index in [1.54, 1.807) is 12.1 Å². The van der Waals surface area contributed by atoms with Gasteiger partial charge < -0.3 is 5.32 Å². The molecule has 0 spiro atoms. The van der Waals surface area contributed by atoms with Gasteiger partial charge in [0.05, 0.1) is 9.75 Å². The van der Waals surface area contributed by atoms with Crippen molar-refractivity contribution in [2.45, 2.75) is 44.9 Å². The largest absolute Gasteiger partial charge is 0.351 e. The zero-order valence-corrected chi connectivity index (χ0v) is 16.6. The van der Waals surface area contributed by atoms with Crippen LogP contribution in [0.25, 0.3) is 0 Å². The van der Waals surface area contributed by atoms with Crippen molar-refractivity contribution in [1.29, 1.82) is 0 Å². The quantitative estimate of drug-likeness (QED) is 0.668. The Morgan fingerprint density at radius 2 is 1.78 bits per heavy atom. The molecule has 0 bridgehead atoms. The Balaban J connectivity index is 1.41. The van der Waals surface area contributed by atoms with E-state index in [9.17, 15) is 14.4 Å². The summed E-state index contributed by atoms with van der Waals surface area (Å²) in [5.41, 5.74) is 6.15. The van der Waals surface area contributed by atoms with Crippen LogP contribution < -0.4 is 16.2 Å². The monoisotopic (exact) mass is 405 g/mol. The molecule has 3 amide bonds. The average molecular weight is 406 g/mol. The molecule has 2 aromatic rings. The standard InChI is InChI=1S/C19H23N3O3S2/c23-17(9-10-20-18(24)15-8-5-11-26-15)21-22-19(25)16-12-13-6-3-1-2-4-7-14(13)27-16/h5,8,11-12H,1-4,6-7,9-10H2,(H,20,24)(H,21,23)(H,22,25). The predicted octanol–water partition coefficient (Wildman–Crippen LogP) is 3.05. The van der Waals surface area contributed by atoms with Crippen molar-refractivity contribution in [2.75, 3.05) is 6.54 Å². The molecule has 3 N–H and O–H groups in total. The fourth-order valence-electron chi connectivity index (χ4n) is 2.99. The van der Waals surface area contributed by atoms with Gasteiger partial charge in [0.2, 0.25) is 5.91 Å². The molecule has 2 heterocycles. The lowest BCUT2D eigenvalue weighted by Crippen LogP contribution is -2.42. The van der Waals surface area contributed by atoms with Crippen LogP contribution in [0.2, 0.25) is 0 Å². The summed E-state index contributed by atoms with van der Waals surface area (Å²) < 4.78 is 0. The number of amides is 3. The summed E-state index contributed by atoms with van der Waals surface area (Å²) >= 11 is 2.87. The first kappa shape index (κ1) is 19.6. The van der Waals surface area contributed by atoms with Gasteiger partial charge in [-0.25, -0.2) is 0 Å². The number of hydrazine groups is 1. The molecule has 3 rings (SSSR count). The predicted molar refractivity (Wildman–Crippen MR) is 107 cm³/mol. The first-order chi connectivity index (χ1) is 13.1. The molecule has 8 heteroatoms. The summed E-state index contributed by atoms with van der Waals surface area (Å²) in [5.74, 6) is -0.828. The van der Waals surface area contributed by atoms with E-state index in [2.05, 4.69) is 16.2 Å². The van der Waals surface area contributed by atoms with Gasteiger partial charge >= 0.3 is 0 Å². The minimum atomic E-state index is -0.343. The number of hydrogen-bond donors (Lipinski definition) is 3. The topological polar surface area (TPSA) is 87.3 Å². The highest BCUT2D eigenvalue weighted by Gasteiger charge is 2.16. The van der Waals surface area contributed by atoms with Gasteiger partial charge in [-0.15, -0.1) is 22.7 Å². The second kappa shape index (κ2) is 9.66. The van der Waals surface area contributed by atoms with E-state index >= 15 is 0 Å². The van der Waals surface area contributed by atoms with Crippen LogP contribution in [0, 0.1) is 0 Å². The molecule has 2 aromatic heterocycles. The SMILES string of the molecule is O=C(CCNC(=O)c1cccs1)NNC(=O)c1cc2c(s1)CCCCCC2. The average Bonchev–Trinajstić information content (AvgIpc) is 3.30. The zero-order chi connectivity index (χ0) is 19.1. The fourth-order valence-corrected chi connectivity index (χ4v) is 4.78. The Morgan fingerprint density at radius 1 is 0.963 bits per heavy atom. The van der Waals surface area contributed by atoms with E-state index in [-0.39, 0.29) is 30.7 Å². The molecular weight excluding hydrogens is 382 g/mol. The third kappa shape index (κ3) is 5.64. The van der Waals surface area contributed by atoms with Gasteiger partial charge in [0.25, 0.3) is 11.8 Å². The summed E-state index contributed by atoms with van der Waals surface area (Å²) in [5, 5.41) is 4.50. The van der Waals surface area contributed by atoms with Gasteiger partial charge in [-0.05, 0) is 48.8 Å². The molecule has 0 unspecified atom stereocenters. The Labute approximate surface area is 166 Å². The number of fused-ring (bicyclic) bond motifs is 1. The molecule has 0 atom stereocenters. The van der Waals surface area contributed by atoms with E-state index < -0.39 is 0 Å². The minimum Gasteiger partial charge on any atom is -0.351 e. The Kier molecular flexibility index (Phi) is 7.00. The smallest absolute Gasteiger partial charge is 0.279 e. The van der Waals surface area contributed by atoms with Crippen molar-refractivity contribution in [2.24, 2.45) is 0 Å². The molecule has 144 valence electrons.